The second-order valence-electron chi connectivity index (χ2n) is 10.1. The van der Waals surface area contributed by atoms with Crippen molar-refractivity contribution in [1.29, 1.82) is 0 Å². The maximum absolute atomic E-state index is 2.30. The summed E-state index contributed by atoms with van der Waals surface area (Å²) in [6.45, 7) is 6.73. The van der Waals surface area contributed by atoms with Crippen LogP contribution >= 0.6 is 0 Å². The van der Waals surface area contributed by atoms with E-state index in [1.807, 2.05) is 0 Å². The molecule has 0 aliphatic rings. The van der Waals surface area contributed by atoms with Gasteiger partial charge in [0.15, 0.2) is 0 Å². The van der Waals surface area contributed by atoms with Crippen molar-refractivity contribution in [3.05, 3.63) is 97.1 Å². The second kappa shape index (κ2) is 13.8. The molecule has 0 saturated heterocycles. The molecular formula is C32H44N4+2. The maximum Gasteiger partial charge on any atom is 0.248 e. The summed E-state index contributed by atoms with van der Waals surface area (Å²) in [7, 11) is 0. The van der Waals surface area contributed by atoms with E-state index < -0.39 is 0 Å². The normalized spacial score (nSPS) is 11.3. The molecular weight excluding hydrogens is 440 g/mol. The number of nitrogens with zero attached hydrogens (tertiary/aromatic N) is 4. The summed E-state index contributed by atoms with van der Waals surface area (Å²) in [5, 5.41) is 0. The number of benzene rings is 2. The van der Waals surface area contributed by atoms with Crippen molar-refractivity contribution in [2.24, 2.45) is 0 Å². The molecule has 0 unspecified atom stereocenters. The molecule has 190 valence electrons. The summed E-state index contributed by atoms with van der Waals surface area (Å²) in [5.74, 6) is 0. The molecule has 4 aromatic rings. The minimum atomic E-state index is 1.06. The van der Waals surface area contributed by atoms with Crippen molar-refractivity contribution in [3.8, 4) is 11.4 Å². The van der Waals surface area contributed by atoms with Gasteiger partial charge in [0.25, 0.3) is 0 Å². The largest absolute Gasteiger partial charge is 0.248 e. The lowest BCUT2D eigenvalue weighted by molar-refractivity contribution is -0.696. The second-order valence-corrected chi connectivity index (χ2v) is 10.1. The van der Waals surface area contributed by atoms with E-state index in [9.17, 15) is 0 Å². The van der Waals surface area contributed by atoms with Gasteiger partial charge in [0, 0.05) is 0 Å². The Hall–Kier alpha value is -3.14. The molecule has 0 bridgehead atoms. The minimum Gasteiger partial charge on any atom is -0.236 e. The number of unbranched alkanes of at least 4 members (excludes halogenated alkanes) is 6. The van der Waals surface area contributed by atoms with Crippen LogP contribution in [0.1, 0.15) is 76.3 Å². The van der Waals surface area contributed by atoms with Crippen LogP contribution in [0.2, 0.25) is 0 Å². The predicted molar refractivity (Wildman–Crippen MR) is 148 cm³/mol. The number of hydrogen-bond donors (Lipinski definition) is 0. The average molecular weight is 485 g/mol. The van der Waals surface area contributed by atoms with Crippen LogP contribution in [-0.4, -0.2) is 9.13 Å². The molecule has 0 atom stereocenters. The van der Waals surface area contributed by atoms with Crippen LogP contribution in [-0.2, 0) is 25.9 Å². The van der Waals surface area contributed by atoms with Gasteiger partial charge in [-0.05, 0) is 73.9 Å². The van der Waals surface area contributed by atoms with Gasteiger partial charge in [-0.25, -0.2) is 18.3 Å². The first kappa shape index (κ1) is 25.9. The first-order valence-corrected chi connectivity index (χ1v) is 14.1. The van der Waals surface area contributed by atoms with Crippen LogP contribution in [0.3, 0.4) is 0 Å². The van der Waals surface area contributed by atoms with E-state index in [4.69, 9.17) is 0 Å². The van der Waals surface area contributed by atoms with E-state index in [1.54, 1.807) is 0 Å². The van der Waals surface area contributed by atoms with E-state index in [0.29, 0.717) is 0 Å². The lowest BCUT2D eigenvalue weighted by Crippen LogP contribution is -2.30. The van der Waals surface area contributed by atoms with Crippen LogP contribution in [0.15, 0.2) is 86.0 Å². The number of aryl methyl sites for hydroxylation is 4. The molecule has 4 rings (SSSR count). The van der Waals surface area contributed by atoms with E-state index in [2.05, 4.69) is 118 Å². The summed E-state index contributed by atoms with van der Waals surface area (Å²) in [6.07, 6.45) is 25.6. The van der Waals surface area contributed by atoms with Gasteiger partial charge in [0.1, 0.15) is 36.2 Å². The molecule has 0 N–H and O–H groups in total. The quantitative estimate of drug-likeness (QED) is 0.131. The zero-order chi connectivity index (χ0) is 25.0. The van der Waals surface area contributed by atoms with Gasteiger partial charge in [-0.15, -0.1) is 0 Å². The van der Waals surface area contributed by atoms with Crippen LogP contribution in [0.25, 0.3) is 11.4 Å². The molecule has 0 fully saturated rings. The van der Waals surface area contributed by atoms with Gasteiger partial charge >= 0.3 is 0 Å². The zero-order valence-electron chi connectivity index (χ0n) is 22.4. The fourth-order valence-corrected chi connectivity index (χ4v) is 4.76. The maximum atomic E-state index is 2.30. The summed E-state index contributed by atoms with van der Waals surface area (Å²) in [4.78, 5) is 0. The van der Waals surface area contributed by atoms with E-state index in [0.717, 1.165) is 25.9 Å². The topological polar surface area (TPSA) is 17.6 Å². The average Bonchev–Trinajstić information content (AvgIpc) is 3.59. The smallest absolute Gasteiger partial charge is 0.236 e. The predicted octanol–water partition coefficient (Wildman–Crippen LogP) is 6.79. The fourth-order valence-electron chi connectivity index (χ4n) is 4.76. The van der Waals surface area contributed by atoms with E-state index >= 15 is 0 Å². The highest BCUT2D eigenvalue weighted by Crippen LogP contribution is 2.14. The van der Waals surface area contributed by atoms with Crippen molar-refractivity contribution in [1.82, 2.24) is 9.13 Å². The summed E-state index contributed by atoms with van der Waals surface area (Å²) in [6, 6.07) is 18.0. The Morgan fingerprint density at radius 1 is 0.528 bits per heavy atom. The molecule has 0 amide bonds. The standard InChI is InChI=1S/C32H44N4/c1-3-5-7-9-21-33-23-25-35(27-33)31-17-13-29(14-18-31)11-12-30-15-19-32(20-16-30)36-26-24-34(28-36)22-10-8-6-4-2/h13-20,23-28H,3-12,21-22H2,1-2H3/q+2. The molecule has 4 heteroatoms. The Bertz CT molecular complexity index is 1060. The molecule has 0 aliphatic carbocycles. The van der Waals surface area contributed by atoms with Crippen molar-refractivity contribution in [2.45, 2.75) is 91.1 Å². The Morgan fingerprint density at radius 2 is 0.944 bits per heavy atom. The van der Waals surface area contributed by atoms with Crippen LogP contribution in [0, 0.1) is 0 Å². The SMILES string of the molecule is CCCCCC[n+]1ccn(-c2ccc(CCc3ccc(-n4cc[n+](CCCCCC)c4)cc3)cc2)c1. The number of imidazole rings is 2. The van der Waals surface area contributed by atoms with Crippen LogP contribution in [0.5, 0.6) is 0 Å². The molecule has 2 aromatic heterocycles. The van der Waals surface area contributed by atoms with Gasteiger partial charge in [-0.3, -0.25) is 0 Å². The van der Waals surface area contributed by atoms with Gasteiger partial charge in [-0.2, -0.15) is 0 Å². The van der Waals surface area contributed by atoms with Crippen molar-refractivity contribution < 1.29 is 9.13 Å². The van der Waals surface area contributed by atoms with Crippen molar-refractivity contribution >= 4 is 0 Å². The van der Waals surface area contributed by atoms with Gasteiger partial charge in [0.2, 0.25) is 12.7 Å². The highest BCUT2D eigenvalue weighted by Gasteiger charge is 2.08. The van der Waals surface area contributed by atoms with E-state index in [1.165, 1.54) is 73.9 Å². The highest BCUT2D eigenvalue weighted by molar-refractivity contribution is 5.36. The molecule has 2 aromatic carbocycles. The van der Waals surface area contributed by atoms with Gasteiger partial charge < -0.3 is 0 Å². The van der Waals surface area contributed by atoms with Gasteiger partial charge in [-0.1, -0.05) is 63.8 Å². The number of rotatable bonds is 15. The Balaban J connectivity index is 1.25. The number of hydrogen-bond acceptors (Lipinski definition) is 0. The third-order valence-corrected chi connectivity index (χ3v) is 7.09. The molecule has 2 heterocycles. The first-order valence-electron chi connectivity index (χ1n) is 14.1. The molecule has 0 aliphatic heterocycles. The molecule has 0 spiro atoms. The number of aromatic nitrogens is 4. The lowest BCUT2D eigenvalue weighted by atomic mass is 10.0. The Morgan fingerprint density at radius 3 is 1.33 bits per heavy atom. The molecule has 4 nitrogen and oxygen atoms in total. The van der Waals surface area contributed by atoms with Crippen molar-refractivity contribution in [2.75, 3.05) is 0 Å². The third-order valence-electron chi connectivity index (χ3n) is 7.09. The summed E-state index contributed by atoms with van der Waals surface area (Å²) in [5.41, 5.74) is 5.23. The summed E-state index contributed by atoms with van der Waals surface area (Å²) < 4.78 is 9.04. The Kier molecular flexibility index (Phi) is 9.96. The third kappa shape index (κ3) is 7.68. The minimum absolute atomic E-state index is 1.06. The van der Waals surface area contributed by atoms with Crippen molar-refractivity contribution in [3.63, 3.8) is 0 Å². The molecule has 0 radical (unpaired) electrons. The van der Waals surface area contributed by atoms with Crippen LogP contribution in [0.4, 0.5) is 0 Å². The Labute approximate surface area is 217 Å². The molecule has 0 saturated carbocycles. The fraction of sp³-hybridized carbons (Fsp3) is 0.438. The highest BCUT2D eigenvalue weighted by atomic mass is 15.1. The monoisotopic (exact) mass is 484 g/mol. The van der Waals surface area contributed by atoms with Crippen LogP contribution < -0.4 is 9.13 Å². The summed E-state index contributed by atoms with van der Waals surface area (Å²) >= 11 is 0. The van der Waals surface area contributed by atoms with E-state index in [-0.39, 0.29) is 0 Å². The van der Waals surface area contributed by atoms with Gasteiger partial charge in [0.05, 0.1) is 13.1 Å². The molecule has 36 heavy (non-hydrogen) atoms. The lowest BCUT2D eigenvalue weighted by Gasteiger charge is -2.04. The zero-order valence-corrected chi connectivity index (χ0v) is 22.4. The first-order chi connectivity index (χ1) is 17.7.